The molecule has 0 unspecified atom stereocenters. The molecule has 0 aliphatic rings. The number of ether oxygens (including phenoxy) is 1. The van der Waals surface area contributed by atoms with Crippen LogP contribution in [0.3, 0.4) is 0 Å². The van der Waals surface area contributed by atoms with Crippen LogP contribution in [0.1, 0.15) is 18.1 Å². The lowest BCUT2D eigenvalue weighted by Gasteiger charge is -2.13. The van der Waals surface area contributed by atoms with Crippen molar-refractivity contribution in [2.45, 2.75) is 19.7 Å². The molecule has 0 spiro atoms. The van der Waals surface area contributed by atoms with E-state index in [9.17, 15) is 13.2 Å². The summed E-state index contributed by atoms with van der Waals surface area (Å²) in [6.07, 6.45) is -2.94. The number of nitrogens with zero attached hydrogens (tertiary/aromatic N) is 2. The molecule has 2 aromatic carbocycles. The highest BCUT2D eigenvalue weighted by molar-refractivity contribution is 6.35. The standard InChI is InChI=1S/C18H16Cl3F3N2O/c1-3-26(2)10-25-16-9-14(20)12(8-15(16)21)6-11-4-5-13(19)17(7-11)27-18(22,23)24/h4-5,7-10H,3,6H2,1-2H3. The second kappa shape index (κ2) is 9.04. The summed E-state index contributed by atoms with van der Waals surface area (Å²) in [4.78, 5) is 6.14. The molecule has 0 saturated carbocycles. The van der Waals surface area contributed by atoms with E-state index in [1.165, 1.54) is 12.1 Å². The van der Waals surface area contributed by atoms with E-state index in [4.69, 9.17) is 34.8 Å². The summed E-state index contributed by atoms with van der Waals surface area (Å²) in [6.45, 7) is 2.76. The van der Waals surface area contributed by atoms with E-state index >= 15 is 0 Å². The minimum absolute atomic E-state index is 0.134. The van der Waals surface area contributed by atoms with Crippen LogP contribution in [0.4, 0.5) is 18.9 Å². The molecule has 0 N–H and O–H groups in total. The van der Waals surface area contributed by atoms with Crippen molar-refractivity contribution in [1.29, 1.82) is 0 Å². The van der Waals surface area contributed by atoms with Crippen molar-refractivity contribution in [2.75, 3.05) is 13.6 Å². The topological polar surface area (TPSA) is 24.8 Å². The number of halogens is 6. The number of benzene rings is 2. The number of hydrogen-bond donors (Lipinski definition) is 0. The monoisotopic (exact) mass is 438 g/mol. The van der Waals surface area contributed by atoms with E-state index in [0.717, 1.165) is 6.54 Å². The van der Waals surface area contributed by atoms with Crippen LogP contribution in [0, 0.1) is 0 Å². The summed E-state index contributed by atoms with van der Waals surface area (Å²) in [7, 11) is 1.87. The zero-order valence-electron chi connectivity index (χ0n) is 14.4. The van der Waals surface area contributed by atoms with Gasteiger partial charge in [-0.25, -0.2) is 4.99 Å². The molecule has 0 atom stereocenters. The molecule has 2 aromatic rings. The lowest BCUT2D eigenvalue weighted by atomic mass is 10.0. The molecule has 0 fully saturated rings. The molecule has 0 amide bonds. The van der Waals surface area contributed by atoms with Crippen molar-refractivity contribution in [1.82, 2.24) is 4.90 Å². The summed E-state index contributed by atoms with van der Waals surface area (Å²) in [6, 6.07) is 7.41. The Morgan fingerprint density at radius 2 is 1.78 bits per heavy atom. The van der Waals surface area contributed by atoms with Gasteiger partial charge in [0.2, 0.25) is 0 Å². The normalized spacial score (nSPS) is 11.9. The Morgan fingerprint density at radius 1 is 1.07 bits per heavy atom. The predicted octanol–water partition coefficient (Wildman–Crippen LogP) is 6.75. The molecule has 9 heteroatoms. The number of rotatable bonds is 6. The number of hydrogen-bond acceptors (Lipinski definition) is 2. The second-order valence-corrected chi connectivity index (χ2v) is 6.92. The van der Waals surface area contributed by atoms with Gasteiger partial charge in [0.05, 0.1) is 22.1 Å². The molecule has 2 rings (SSSR count). The van der Waals surface area contributed by atoms with E-state index in [-0.39, 0.29) is 11.4 Å². The van der Waals surface area contributed by atoms with Crippen molar-refractivity contribution in [3.05, 3.63) is 56.5 Å². The Labute approximate surface area is 170 Å². The van der Waals surface area contributed by atoms with Crippen LogP contribution in [-0.4, -0.2) is 31.2 Å². The SMILES string of the molecule is CCN(C)C=Nc1cc(Cl)c(Cc2ccc(Cl)c(OC(F)(F)F)c2)cc1Cl. The minimum atomic E-state index is -4.82. The van der Waals surface area contributed by atoms with Crippen LogP contribution in [0.5, 0.6) is 5.75 Å². The lowest BCUT2D eigenvalue weighted by Crippen LogP contribution is -2.17. The van der Waals surface area contributed by atoms with Crippen LogP contribution in [0.15, 0.2) is 35.3 Å². The highest BCUT2D eigenvalue weighted by Crippen LogP contribution is 2.35. The average molecular weight is 440 g/mol. The Kier molecular flexibility index (Phi) is 7.25. The van der Waals surface area contributed by atoms with Crippen molar-refractivity contribution >= 4 is 46.8 Å². The molecule has 0 saturated heterocycles. The Bertz CT molecular complexity index is 841. The van der Waals surface area contributed by atoms with Crippen LogP contribution in [0.2, 0.25) is 15.1 Å². The fourth-order valence-electron chi connectivity index (χ4n) is 2.13. The first-order chi connectivity index (χ1) is 12.6. The molecule has 0 aliphatic heterocycles. The van der Waals surface area contributed by atoms with Gasteiger partial charge in [-0.3, -0.25) is 0 Å². The van der Waals surface area contributed by atoms with E-state index in [0.29, 0.717) is 26.9 Å². The lowest BCUT2D eigenvalue weighted by molar-refractivity contribution is -0.274. The zero-order valence-corrected chi connectivity index (χ0v) is 16.7. The Balaban J connectivity index is 2.26. The van der Waals surface area contributed by atoms with Crippen molar-refractivity contribution in [2.24, 2.45) is 4.99 Å². The maximum atomic E-state index is 12.5. The number of alkyl halides is 3. The third-order valence-corrected chi connectivity index (χ3v) is 4.59. The Hall–Kier alpha value is -1.63. The Morgan fingerprint density at radius 3 is 2.41 bits per heavy atom. The van der Waals surface area contributed by atoms with Crippen molar-refractivity contribution in [3.8, 4) is 5.75 Å². The molecular formula is C18H16Cl3F3N2O. The van der Waals surface area contributed by atoms with Crippen molar-refractivity contribution in [3.63, 3.8) is 0 Å². The highest BCUT2D eigenvalue weighted by Gasteiger charge is 2.32. The minimum Gasteiger partial charge on any atom is -0.404 e. The molecule has 146 valence electrons. The fraction of sp³-hybridized carbons (Fsp3) is 0.278. The van der Waals surface area contributed by atoms with E-state index < -0.39 is 12.1 Å². The van der Waals surface area contributed by atoms with Gasteiger partial charge in [-0.2, -0.15) is 0 Å². The predicted molar refractivity (Wildman–Crippen MR) is 104 cm³/mol. The molecule has 0 aliphatic carbocycles. The smallest absolute Gasteiger partial charge is 0.404 e. The third-order valence-electron chi connectivity index (χ3n) is 3.62. The summed E-state index contributed by atoms with van der Waals surface area (Å²) >= 11 is 18.3. The first-order valence-electron chi connectivity index (χ1n) is 7.85. The van der Waals surface area contributed by atoms with E-state index in [1.807, 2.05) is 18.9 Å². The van der Waals surface area contributed by atoms with Gasteiger partial charge in [0.25, 0.3) is 0 Å². The quantitative estimate of drug-likeness (QED) is 0.367. The van der Waals surface area contributed by atoms with Crippen LogP contribution >= 0.6 is 34.8 Å². The summed E-state index contributed by atoms with van der Waals surface area (Å²) < 4.78 is 41.3. The molecule has 0 heterocycles. The van der Waals surface area contributed by atoms with Crippen LogP contribution in [0.25, 0.3) is 0 Å². The molecular weight excluding hydrogens is 424 g/mol. The van der Waals surface area contributed by atoms with Gasteiger partial charge in [-0.1, -0.05) is 40.9 Å². The molecule has 3 nitrogen and oxygen atoms in total. The number of aliphatic imine (C=N–C) groups is 1. The first-order valence-corrected chi connectivity index (χ1v) is 8.99. The maximum absolute atomic E-state index is 12.5. The largest absolute Gasteiger partial charge is 0.573 e. The zero-order chi connectivity index (χ0) is 20.2. The molecule has 0 aromatic heterocycles. The molecule has 0 bridgehead atoms. The third kappa shape index (κ3) is 6.48. The summed E-state index contributed by atoms with van der Waals surface area (Å²) in [5, 5.41) is 0.653. The van der Waals surface area contributed by atoms with Gasteiger partial charge in [0.15, 0.2) is 0 Å². The van der Waals surface area contributed by atoms with Gasteiger partial charge < -0.3 is 9.64 Å². The van der Waals surface area contributed by atoms with Crippen molar-refractivity contribution < 1.29 is 17.9 Å². The summed E-state index contributed by atoms with van der Waals surface area (Å²) in [5.74, 6) is -0.465. The van der Waals surface area contributed by atoms with Gasteiger partial charge in [0, 0.05) is 18.6 Å². The molecule has 27 heavy (non-hydrogen) atoms. The van der Waals surface area contributed by atoms with Gasteiger partial charge in [0.1, 0.15) is 5.75 Å². The highest BCUT2D eigenvalue weighted by atomic mass is 35.5. The average Bonchev–Trinajstić information content (AvgIpc) is 2.58. The first kappa shape index (κ1) is 21.7. The van der Waals surface area contributed by atoms with Crippen LogP contribution in [-0.2, 0) is 6.42 Å². The fourth-order valence-corrected chi connectivity index (χ4v) is 2.75. The van der Waals surface area contributed by atoms with Gasteiger partial charge in [-0.15, -0.1) is 13.2 Å². The van der Waals surface area contributed by atoms with E-state index in [1.54, 1.807) is 24.5 Å². The van der Waals surface area contributed by atoms with E-state index in [2.05, 4.69) is 9.73 Å². The van der Waals surface area contributed by atoms with Crippen LogP contribution < -0.4 is 4.74 Å². The van der Waals surface area contributed by atoms with Gasteiger partial charge >= 0.3 is 6.36 Å². The molecule has 0 radical (unpaired) electrons. The van der Waals surface area contributed by atoms with Gasteiger partial charge in [-0.05, 0) is 48.7 Å². The maximum Gasteiger partial charge on any atom is 0.573 e. The second-order valence-electron chi connectivity index (χ2n) is 5.70. The summed E-state index contributed by atoms with van der Waals surface area (Å²) in [5.41, 5.74) is 1.69.